The zero-order chi connectivity index (χ0) is 19.0. The second-order valence-corrected chi connectivity index (χ2v) is 5.96. The first-order valence-electron chi connectivity index (χ1n) is 8.02. The van der Waals surface area contributed by atoms with Crippen LogP contribution in [0.2, 0.25) is 0 Å². The molecule has 0 bridgehead atoms. The Morgan fingerprint density at radius 3 is 2.85 bits per heavy atom. The summed E-state index contributed by atoms with van der Waals surface area (Å²) in [5, 5.41) is 7.73. The third-order valence-corrected chi connectivity index (χ3v) is 4.13. The molecule has 27 heavy (non-hydrogen) atoms. The van der Waals surface area contributed by atoms with E-state index < -0.39 is 17.8 Å². The summed E-state index contributed by atoms with van der Waals surface area (Å²) in [6, 6.07) is 5.41. The van der Waals surface area contributed by atoms with E-state index in [1.54, 1.807) is 18.3 Å². The monoisotopic (exact) mass is 378 g/mol. The van der Waals surface area contributed by atoms with Crippen LogP contribution in [0.25, 0.3) is 0 Å². The van der Waals surface area contributed by atoms with Crippen LogP contribution < -0.4 is 0 Å². The molecule has 0 saturated heterocycles. The van der Waals surface area contributed by atoms with Gasteiger partial charge in [-0.15, -0.1) is 0 Å². The molecule has 4 heterocycles. The SMILES string of the molecule is Cc1occ(C(F)(F)F)c1Cc1noc(C2CC(c3ccccn3)=NO2)n1. The van der Waals surface area contributed by atoms with E-state index >= 15 is 0 Å². The molecule has 0 amide bonds. The van der Waals surface area contributed by atoms with Crippen molar-refractivity contribution in [2.75, 3.05) is 0 Å². The van der Waals surface area contributed by atoms with Crippen molar-refractivity contribution in [3.05, 3.63) is 65.0 Å². The quantitative estimate of drug-likeness (QED) is 0.686. The number of nitrogens with zero attached hydrogens (tertiary/aromatic N) is 4. The number of halogens is 3. The van der Waals surface area contributed by atoms with Crippen LogP contribution in [0.15, 0.2) is 44.8 Å². The molecular weight excluding hydrogens is 365 g/mol. The van der Waals surface area contributed by atoms with Gasteiger partial charge in [-0.05, 0) is 19.1 Å². The van der Waals surface area contributed by atoms with Gasteiger partial charge < -0.3 is 13.8 Å². The Hall–Kier alpha value is -3.17. The van der Waals surface area contributed by atoms with E-state index in [1.165, 1.54) is 6.92 Å². The number of pyridine rings is 1. The fourth-order valence-corrected chi connectivity index (χ4v) is 2.76. The highest BCUT2D eigenvalue weighted by Crippen LogP contribution is 2.35. The van der Waals surface area contributed by atoms with Gasteiger partial charge in [-0.25, -0.2) is 0 Å². The van der Waals surface area contributed by atoms with E-state index in [9.17, 15) is 13.2 Å². The van der Waals surface area contributed by atoms with Crippen molar-refractivity contribution in [1.82, 2.24) is 15.1 Å². The molecule has 4 rings (SSSR count). The van der Waals surface area contributed by atoms with Crippen LogP contribution >= 0.6 is 0 Å². The molecular formula is C17H13F3N4O3. The van der Waals surface area contributed by atoms with Crippen molar-refractivity contribution >= 4 is 5.71 Å². The number of aryl methyl sites for hydroxylation is 1. The van der Waals surface area contributed by atoms with Crippen molar-refractivity contribution in [3.63, 3.8) is 0 Å². The molecule has 0 saturated carbocycles. The average molecular weight is 378 g/mol. The van der Waals surface area contributed by atoms with E-state index in [2.05, 4.69) is 20.3 Å². The number of hydrogen-bond acceptors (Lipinski definition) is 7. The van der Waals surface area contributed by atoms with Gasteiger partial charge >= 0.3 is 6.18 Å². The van der Waals surface area contributed by atoms with Gasteiger partial charge in [-0.1, -0.05) is 16.4 Å². The molecule has 0 aromatic carbocycles. The second-order valence-electron chi connectivity index (χ2n) is 5.96. The fraction of sp³-hybridized carbons (Fsp3) is 0.294. The van der Waals surface area contributed by atoms with Gasteiger partial charge in [0, 0.05) is 24.6 Å². The van der Waals surface area contributed by atoms with Gasteiger partial charge in [0.2, 0.25) is 6.10 Å². The average Bonchev–Trinajstić information content (AvgIpc) is 3.36. The fourth-order valence-electron chi connectivity index (χ4n) is 2.76. The minimum atomic E-state index is -4.51. The van der Waals surface area contributed by atoms with Gasteiger partial charge in [-0.3, -0.25) is 4.98 Å². The van der Waals surface area contributed by atoms with Crippen molar-refractivity contribution < 1.29 is 26.9 Å². The summed E-state index contributed by atoms with van der Waals surface area (Å²) >= 11 is 0. The predicted molar refractivity (Wildman–Crippen MR) is 84.8 cm³/mol. The van der Waals surface area contributed by atoms with Gasteiger partial charge in [0.05, 0.1) is 11.3 Å². The number of hydrogen-bond donors (Lipinski definition) is 0. The summed E-state index contributed by atoms with van der Waals surface area (Å²) in [6.07, 6.45) is -2.57. The number of aromatic nitrogens is 3. The first kappa shape index (κ1) is 17.3. The van der Waals surface area contributed by atoms with Gasteiger partial charge in [-0.2, -0.15) is 18.2 Å². The van der Waals surface area contributed by atoms with Gasteiger partial charge in [0.25, 0.3) is 5.89 Å². The largest absolute Gasteiger partial charge is 0.469 e. The lowest BCUT2D eigenvalue weighted by Crippen LogP contribution is -2.08. The summed E-state index contributed by atoms with van der Waals surface area (Å²) in [4.78, 5) is 13.7. The van der Waals surface area contributed by atoms with Crippen LogP contribution in [0.3, 0.4) is 0 Å². The molecule has 0 aliphatic carbocycles. The third-order valence-electron chi connectivity index (χ3n) is 4.13. The van der Waals surface area contributed by atoms with Gasteiger partial charge in [0.1, 0.15) is 17.7 Å². The van der Waals surface area contributed by atoms with Crippen molar-refractivity contribution in [2.24, 2.45) is 5.16 Å². The highest BCUT2D eigenvalue weighted by atomic mass is 19.4. The molecule has 7 nitrogen and oxygen atoms in total. The van der Waals surface area contributed by atoms with E-state index in [1.807, 2.05) is 6.07 Å². The minimum Gasteiger partial charge on any atom is -0.469 e. The molecule has 1 atom stereocenters. The highest BCUT2D eigenvalue weighted by Gasteiger charge is 2.37. The molecule has 0 spiro atoms. The Morgan fingerprint density at radius 1 is 1.26 bits per heavy atom. The Bertz CT molecular complexity index is 979. The topological polar surface area (TPSA) is 86.5 Å². The first-order valence-corrected chi connectivity index (χ1v) is 8.02. The molecule has 3 aromatic rings. The molecule has 140 valence electrons. The molecule has 0 N–H and O–H groups in total. The number of oxime groups is 1. The minimum absolute atomic E-state index is 0.0207. The van der Waals surface area contributed by atoms with Crippen LogP contribution in [0, 0.1) is 6.92 Å². The summed E-state index contributed by atoms with van der Waals surface area (Å²) in [6.45, 7) is 1.46. The Labute approximate surface area is 150 Å². The smallest absolute Gasteiger partial charge is 0.419 e. The summed E-state index contributed by atoms with van der Waals surface area (Å²) in [5.74, 6) is 0.413. The lowest BCUT2D eigenvalue weighted by Gasteiger charge is -2.05. The van der Waals surface area contributed by atoms with E-state index in [4.69, 9.17) is 13.8 Å². The van der Waals surface area contributed by atoms with Crippen LogP contribution in [0.1, 0.15) is 46.8 Å². The lowest BCUT2D eigenvalue weighted by atomic mass is 10.1. The molecule has 3 aromatic heterocycles. The maximum absolute atomic E-state index is 13.1. The highest BCUT2D eigenvalue weighted by molar-refractivity contribution is 5.99. The maximum atomic E-state index is 13.1. The zero-order valence-corrected chi connectivity index (χ0v) is 14.0. The molecule has 0 radical (unpaired) electrons. The Morgan fingerprint density at radius 2 is 2.11 bits per heavy atom. The molecule has 1 aliphatic rings. The third kappa shape index (κ3) is 3.42. The predicted octanol–water partition coefficient (Wildman–Crippen LogP) is 3.84. The van der Waals surface area contributed by atoms with Crippen molar-refractivity contribution in [1.29, 1.82) is 0 Å². The van der Waals surface area contributed by atoms with Crippen molar-refractivity contribution in [3.8, 4) is 0 Å². The van der Waals surface area contributed by atoms with Gasteiger partial charge in [0.15, 0.2) is 5.82 Å². The number of furan rings is 1. The second kappa shape index (κ2) is 6.53. The standard InChI is InChI=1S/C17H13F3N4O3/c1-9-10(11(8-25-9)17(18,19)20)6-15-22-16(27-24-15)14-7-13(23-26-14)12-4-2-3-5-21-12/h2-5,8,14H,6-7H2,1H3. The van der Waals surface area contributed by atoms with E-state index in [0.29, 0.717) is 24.1 Å². The van der Waals surface area contributed by atoms with Crippen LogP contribution in [0.5, 0.6) is 0 Å². The first-order chi connectivity index (χ1) is 12.9. The summed E-state index contributed by atoms with van der Waals surface area (Å²) in [7, 11) is 0. The number of rotatable bonds is 4. The van der Waals surface area contributed by atoms with Crippen molar-refractivity contribution in [2.45, 2.75) is 32.0 Å². The van der Waals surface area contributed by atoms with E-state index in [0.717, 1.165) is 0 Å². The molecule has 0 fully saturated rings. The lowest BCUT2D eigenvalue weighted by molar-refractivity contribution is -0.138. The Kier molecular flexibility index (Phi) is 4.17. The normalized spacial score (nSPS) is 17.0. The van der Waals surface area contributed by atoms with Crippen LogP contribution in [-0.2, 0) is 17.4 Å². The van der Waals surface area contributed by atoms with Crippen LogP contribution in [0.4, 0.5) is 13.2 Å². The van der Waals surface area contributed by atoms with E-state index in [-0.39, 0.29) is 29.5 Å². The molecule has 1 unspecified atom stereocenters. The Balaban J connectivity index is 1.49. The zero-order valence-electron chi connectivity index (χ0n) is 14.0. The summed E-state index contributed by atoms with van der Waals surface area (Å²) < 4.78 is 49.2. The van der Waals surface area contributed by atoms with Crippen LogP contribution in [-0.4, -0.2) is 20.8 Å². The number of alkyl halides is 3. The summed E-state index contributed by atoms with van der Waals surface area (Å²) in [5.41, 5.74) is 0.436. The molecule has 1 aliphatic heterocycles. The molecule has 10 heteroatoms. The maximum Gasteiger partial charge on any atom is 0.419 e.